The third kappa shape index (κ3) is 3.79. The van der Waals surface area contributed by atoms with E-state index in [1.807, 2.05) is 53.5 Å². The van der Waals surface area contributed by atoms with Gasteiger partial charge in [0.15, 0.2) is 11.5 Å². The largest absolute Gasteiger partial charge is 0.305 e. The predicted molar refractivity (Wildman–Crippen MR) is 125 cm³/mol. The Labute approximate surface area is 187 Å². The highest BCUT2D eigenvalue weighted by Crippen LogP contribution is 2.40. The number of hydrogen-bond donors (Lipinski definition) is 1. The molecule has 0 radical (unpaired) electrons. The number of benzene rings is 1. The van der Waals surface area contributed by atoms with Gasteiger partial charge in [0.05, 0.1) is 23.2 Å². The predicted octanol–water partition coefficient (Wildman–Crippen LogP) is 5.00. The van der Waals surface area contributed by atoms with Gasteiger partial charge in [-0.2, -0.15) is 10.2 Å². The average molecular weight is 429 g/mol. The van der Waals surface area contributed by atoms with Crippen LogP contribution in [0, 0.1) is 13.8 Å². The minimum atomic E-state index is -0.171. The molecule has 164 valence electrons. The lowest BCUT2D eigenvalue weighted by atomic mass is 10.1. The molecule has 4 aromatic rings. The summed E-state index contributed by atoms with van der Waals surface area (Å²) in [4.78, 5) is 18.4. The molecule has 1 aliphatic carbocycles. The molecule has 5 rings (SSSR count). The van der Waals surface area contributed by atoms with Crippen LogP contribution in [0.1, 0.15) is 71.7 Å². The quantitative estimate of drug-likeness (QED) is 0.469. The number of rotatable bonds is 6. The second kappa shape index (κ2) is 7.89. The van der Waals surface area contributed by atoms with E-state index in [0.29, 0.717) is 23.8 Å². The Morgan fingerprint density at radius 3 is 2.53 bits per heavy atom. The molecule has 32 heavy (non-hydrogen) atoms. The number of carbonyl (C=O) groups is 1. The molecule has 7 nitrogen and oxygen atoms in total. The zero-order chi connectivity index (χ0) is 22.4. The van der Waals surface area contributed by atoms with Crippen molar-refractivity contribution in [2.75, 3.05) is 5.32 Å². The first-order valence-electron chi connectivity index (χ1n) is 11.2. The summed E-state index contributed by atoms with van der Waals surface area (Å²) in [6.45, 7) is 8.70. The van der Waals surface area contributed by atoms with E-state index >= 15 is 0 Å². The summed E-state index contributed by atoms with van der Waals surface area (Å²) in [5.74, 6) is 0.817. The minimum absolute atomic E-state index is 0.171. The second-order valence-corrected chi connectivity index (χ2v) is 8.96. The number of nitrogens with one attached hydrogen (secondary N) is 1. The van der Waals surface area contributed by atoms with Crippen LogP contribution in [0.4, 0.5) is 5.82 Å². The van der Waals surface area contributed by atoms with E-state index < -0.39 is 0 Å². The Morgan fingerprint density at radius 2 is 1.88 bits per heavy atom. The van der Waals surface area contributed by atoms with Gasteiger partial charge in [0, 0.05) is 29.4 Å². The van der Waals surface area contributed by atoms with Gasteiger partial charge >= 0.3 is 0 Å². The van der Waals surface area contributed by atoms with Crippen molar-refractivity contribution >= 4 is 22.8 Å². The van der Waals surface area contributed by atoms with Gasteiger partial charge in [0.1, 0.15) is 0 Å². The fraction of sp³-hybridized carbons (Fsp3) is 0.360. The first-order chi connectivity index (χ1) is 15.4. The third-order valence-corrected chi connectivity index (χ3v) is 5.97. The van der Waals surface area contributed by atoms with E-state index in [0.717, 1.165) is 46.5 Å². The fourth-order valence-corrected chi connectivity index (χ4v) is 4.26. The number of nitrogens with zero attached hydrogens (tertiary/aromatic N) is 5. The molecule has 1 fully saturated rings. The number of aryl methyl sites for hydroxylation is 2. The Kier molecular flexibility index (Phi) is 5.04. The summed E-state index contributed by atoms with van der Waals surface area (Å²) >= 11 is 0. The van der Waals surface area contributed by atoms with Crippen molar-refractivity contribution in [1.82, 2.24) is 24.5 Å². The molecule has 0 spiro atoms. The molecule has 3 aromatic heterocycles. The number of fused-ring (bicyclic) bond motifs is 1. The first-order valence-corrected chi connectivity index (χ1v) is 11.2. The summed E-state index contributed by atoms with van der Waals surface area (Å²) in [6, 6.07) is 14.3. The molecule has 0 unspecified atom stereocenters. The summed E-state index contributed by atoms with van der Waals surface area (Å²) in [7, 11) is 0. The molecule has 1 N–H and O–H groups in total. The van der Waals surface area contributed by atoms with Crippen LogP contribution >= 0.6 is 0 Å². The zero-order valence-electron chi connectivity index (χ0n) is 19.0. The number of carbonyl (C=O) groups excluding carboxylic acids is 1. The highest BCUT2D eigenvalue weighted by Gasteiger charge is 2.29. The average Bonchev–Trinajstić information content (AvgIpc) is 3.49. The van der Waals surface area contributed by atoms with Crippen LogP contribution < -0.4 is 5.32 Å². The van der Waals surface area contributed by atoms with Gasteiger partial charge in [-0.15, -0.1) is 0 Å². The summed E-state index contributed by atoms with van der Waals surface area (Å²) in [5.41, 5.74) is 5.33. The maximum absolute atomic E-state index is 13.4. The molecule has 1 saturated carbocycles. The third-order valence-electron chi connectivity index (χ3n) is 5.97. The Balaban J connectivity index is 1.56. The molecule has 1 aliphatic rings. The topological polar surface area (TPSA) is 77.6 Å². The number of aromatic nitrogens is 5. The molecule has 3 heterocycles. The van der Waals surface area contributed by atoms with Crippen molar-refractivity contribution < 1.29 is 4.79 Å². The molecule has 7 heteroatoms. The Morgan fingerprint density at radius 1 is 1.12 bits per heavy atom. The van der Waals surface area contributed by atoms with Crippen LogP contribution in [0.25, 0.3) is 11.0 Å². The van der Waals surface area contributed by atoms with E-state index in [-0.39, 0.29) is 11.9 Å². The Bertz CT molecular complexity index is 1300. The molecule has 1 amide bonds. The van der Waals surface area contributed by atoms with Gasteiger partial charge in [-0.3, -0.25) is 9.48 Å². The monoisotopic (exact) mass is 428 g/mol. The summed E-state index contributed by atoms with van der Waals surface area (Å²) in [5, 5.41) is 13.1. The van der Waals surface area contributed by atoms with Gasteiger partial charge in [0.25, 0.3) is 5.91 Å². The minimum Gasteiger partial charge on any atom is -0.305 e. The SMILES string of the molecule is Cc1nn(Cc2ccccc2)c2nc(C3CC3)cc(C(=O)Nc3cc(C)n(C(C)C)n3)c12. The van der Waals surface area contributed by atoms with E-state index in [9.17, 15) is 4.79 Å². The lowest BCUT2D eigenvalue weighted by molar-refractivity contribution is 0.102. The highest BCUT2D eigenvalue weighted by atomic mass is 16.1. The van der Waals surface area contributed by atoms with E-state index in [2.05, 4.69) is 36.4 Å². The second-order valence-electron chi connectivity index (χ2n) is 8.96. The zero-order valence-corrected chi connectivity index (χ0v) is 19.0. The Hall–Kier alpha value is -3.48. The van der Waals surface area contributed by atoms with E-state index in [4.69, 9.17) is 10.1 Å². The van der Waals surface area contributed by atoms with Crippen molar-refractivity contribution in [1.29, 1.82) is 0 Å². The smallest absolute Gasteiger partial charge is 0.257 e. The molecule has 1 aromatic carbocycles. The van der Waals surface area contributed by atoms with Crippen LogP contribution in [0.15, 0.2) is 42.5 Å². The van der Waals surface area contributed by atoms with Crippen molar-refractivity contribution in [2.24, 2.45) is 0 Å². The van der Waals surface area contributed by atoms with Crippen LogP contribution in [-0.2, 0) is 6.54 Å². The van der Waals surface area contributed by atoms with Gasteiger partial charge in [-0.1, -0.05) is 30.3 Å². The highest BCUT2D eigenvalue weighted by molar-refractivity contribution is 6.12. The number of hydrogen-bond acceptors (Lipinski definition) is 4. The van der Waals surface area contributed by atoms with Crippen LogP contribution in [-0.4, -0.2) is 30.5 Å². The van der Waals surface area contributed by atoms with Gasteiger partial charge < -0.3 is 5.32 Å². The molecule has 0 aliphatic heterocycles. The van der Waals surface area contributed by atoms with Crippen LogP contribution in [0.3, 0.4) is 0 Å². The summed E-state index contributed by atoms with van der Waals surface area (Å²) in [6.07, 6.45) is 2.23. The fourth-order valence-electron chi connectivity index (χ4n) is 4.26. The van der Waals surface area contributed by atoms with Gasteiger partial charge in [-0.05, 0) is 52.2 Å². The first kappa shape index (κ1) is 20.4. The van der Waals surface area contributed by atoms with Crippen LogP contribution in [0.5, 0.6) is 0 Å². The molecule has 0 bridgehead atoms. The van der Waals surface area contributed by atoms with Crippen molar-refractivity contribution in [3.8, 4) is 0 Å². The van der Waals surface area contributed by atoms with Gasteiger partial charge in [-0.25, -0.2) is 9.67 Å². The molecule has 0 atom stereocenters. The maximum atomic E-state index is 13.4. The molecule has 0 saturated heterocycles. The summed E-state index contributed by atoms with van der Waals surface area (Å²) < 4.78 is 3.83. The van der Waals surface area contributed by atoms with E-state index in [1.54, 1.807) is 0 Å². The van der Waals surface area contributed by atoms with Crippen molar-refractivity contribution in [2.45, 2.75) is 59.0 Å². The van der Waals surface area contributed by atoms with Crippen molar-refractivity contribution in [3.05, 3.63) is 70.7 Å². The molecular formula is C25H28N6O. The maximum Gasteiger partial charge on any atom is 0.257 e. The van der Waals surface area contributed by atoms with E-state index in [1.165, 1.54) is 0 Å². The van der Waals surface area contributed by atoms with Crippen LogP contribution in [0.2, 0.25) is 0 Å². The number of amides is 1. The standard InChI is InChI=1S/C25H28N6O/c1-15(2)31-16(3)12-22(29-31)27-25(32)20-13-21(19-10-11-19)26-24-23(20)17(4)28-30(24)14-18-8-6-5-7-9-18/h5-9,12-13,15,19H,10-11,14H2,1-4H3,(H,27,29,32). The lowest BCUT2D eigenvalue weighted by Gasteiger charge is -2.09. The normalized spacial score (nSPS) is 13.8. The number of anilines is 1. The molecular weight excluding hydrogens is 400 g/mol. The lowest BCUT2D eigenvalue weighted by Crippen LogP contribution is -2.15. The van der Waals surface area contributed by atoms with Crippen molar-refractivity contribution in [3.63, 3.8) is 0 Å². The number of pyridine rings is 1. The van der Waals surface area contributed by atoms with Gasteiger partial charge in [0.2, 0.25) is 0 Å².